The van der Waals surface area contributed by atoms with Gasteiger partial charge in [0.15, 0.2) is 16.7 Å². The van der Waals surface area contributed by atoms with Crippen molar-refractivity contribution in [3.8, 4) is 5.75 Å². The first kappa shape index (κ1) is 21.1. The highest BCUT2D eigenvalue weighted by atomic mass is 32.1. The molecule has 0 saturated carbocycles. The lowest BCUT2D eigenvalue weighted by molar-refractivity contribution is -0.117. The first-order valence-corrected chi connectivity index (χ1v) is 11.4. The van der Waals surface area contributed by atoms with Gasteiger partial charge in [0.05, 0.1) is 21.8 Å². The van der Waals surface area contributed by atoms with E-state index in [0.717, 1.165) is 11.3 Å². The topological polar surface area (TPSA) is 104 Å². The van der Waals surface area contributed by atoms with Gasteiger partial charge in [-0.25, -0.2) is 9.37 Å². The van der Waals surface area contributed by atoms with Crippen molar-refractivity contribution >= 4 is 49.3 Å². The van der Waals surface area contributed by atoms with Gasteiger partial charge < -0.3 is 14.6 Å². The van der Waals surface area contributed by atoms with Gasteiger partial charge >= 0.3 is 0 Å². The van der Waals surface area contributed by atoms with E-state index in [-0.39, 0.29) is 22.2 Å². The van der Waals surface area contributed by atoms with E-state index in [9.17, 15) is 24.2 Å². The summed E-state index contributed by atoms with van der Waals surface area (Å²) < 4.78 is 20.0. The molecule has 0 aliphatic carbocycles. The molecule has 1 atom stereocenters. The number of aromatic hydroxyl groups is 1. The second kappa shape index (κ2) is 7.78. The fourth-order valence-electron chi connectivity index (χ4n) is 4.26. The number of phenolic OH excluding ortho intramolecular Hbond substituents is 1. The summed E-state index contributed by atoms with van der Waals surface area (Å²) in [4.78, 5) is 32.5. The SMILES string of the molecule is O=C(C1=C(O)C(=O)N(c2nc3ccc(F)cc3s2)C1c1cccc(O)c1)c1cc2ccccc2o1. The van der Waals surface area contributed by atoms with Crippen LogP contribution >= 0.6 is 11.3 Å². The van der Waals surface area contributed by atoms with Gasteiger partial charge in [-0.3, -0.25) is 14.5 Å². The molecule has 3 aromatic carbocycles. The van der Waals surface area contributed by atoms with Crippen LogP contribution in [0, 0.1) is 5.82 Å². The van der Waals surface area contributed by atoms with Crippen LogP contribution in [-0.4, -0.2) is 26.9 Å². The molecule has 5 aromatic rings. The number of anilines is 1. The van der Waals surface area contributed by atoms with Gasteiger partial charge in [0, 0.05) is 5.39 Å². The maximum Gasteiger partial charge on any atom is 0.296 e. The third kappa shape index (κ3) is 3.36. The average molecular weight is 486 g/mol. The Morgan fingerprint density at radius 3 is 2.66 bits per heavy atom. The molecule has 35 heavy (non-hydrogen) atoms. The number of carbonyl (C=O) groups is 2. The summed E-state index contributed by atoms with van der Waals surface area (Å²) in [6.07, 6.45) is 0. The predicted octanol–water partition coefficient (Wildman–Crippen LogP) is 5.67. The standard InChI is InChI=1S/C26H15FN2O5S/c27-15-8-9-17-20(12-15)35-26(28-17)29-22(14-5-3-6-16(30)10-14)21(24(32)25(29)33)23(31)19-11-13-4-1-2-7-18(13)34-19/h1-12,22,30,32H. The van der Waals surface area contributed by atoms with Gasteiger partial charge in [-0.05, 0) is 48.0 Å². The quantitative estimate of drug-likeness (QED) is 0.317. The van der Waals surface area contributed by atoms with Crippen molar-refractivity contribution in [3.63, 3.8) is 0 Å². The Morgan fingerprint density at radius 1 is 1.03 bits per heavy atom. The smallest absolute Gasteiger partial charge is 0.296 e. The van der Waals surface area contributed by atoms with E-state index in [1.54, 1.807) is 42.5 Å². The van der Waals surface area contributed by atoms with Gasteiger partial charge in [-0.15, -0.1) is 0 Å². The zero-order chi connectivity index (χ0) is 24.3. The molecule has 1 aliphatic rings. The predicted molar refractivity (Wildman–Crippen MR) is 128 cm³/mol. The van der Waals surface area contributed by atoms with Crippen molar-refractivity contribution in [2.24, 2.45) is 0 Å². The second-order valence-corrected chi connectivity index (χ2v) is 9.03. The molecule has 1 unspecified atom stereocenters. The van der Waals surface area contributed by atoms with E-state index >= 15 is 0 Å². The molecule has 9 heteroatoms. The van der Waals surface area contributed by atoms with E-state index in [1.165, 1.54) is 35.2 Å². The monoisotopic (exact) mass is 486 g/mol. The number of benzene rings is 3. The van der Waals surface area contributed by atoms with Crippen molar-refractivity contribution in [3.05, 3.63) is 101 Å². The van der Waals surface area contributed by atoms with Crippen LogP contribution < -0.4 is 4.90 Å². The molecule has 0 saturated heterocycles. The van der Waals surface area contributed by atoms with Crippen molar-refractivity contribution in [2.45, 2.75) is 6.04 Å². The number of aliphatic hydroxyl groups is 1. The summed E-state index contributed by atoms with van der Waals surface area (Å²) in [5, 5.41) is 21.9. The number of amides is 1. The van der Waals surface area contributed by atoms with Crippen molar-refractivity contribution in [2.75, 3.05) is 4.90 Å². The second-order valence-electron chi connectivity index (χ2n) is 8.02. The van der Waals surface area contributed by atoms with E-state index in [0.29, 0.717) is 26.7 Å². The van der Waals surface area contributed by atoms with Gasteiger partial charge in [0.2, 0.25) is 5.78 Å². The number of carbonyl (C=O) groups excluding carboxylic acids is 2. The number of hydrogen-bond donors (Lipinski definition) is 2. The number of ketones is 1. The molecule has 2 N–H and O–H groups in total. The zero-order valence-corrected chi connectivity index (χ0v) is 18.6. The number of para-hydroxylation sites is 1. The van der Waals surface area contributed by atoms with Crippen LogP contribution in [0.15, 0.2) is 88.5 Å². The Balaban J connectivity index is 1.52. The van der Waals surface area contributed by atoms with E-state index in [2.05, 4.69) is 4.98 Å². The van der Waals surface area contributed by atoms with Crippen molar-refractivity contribution < 1.29 is 28.6 Å². The molecule has 0 fully saturated rings. The van der Waals surface area contributed by atoms with Crippen LogP contribution in [0.3, 0.4) is 0 Å². The van der Waals surface area contributed by atoms with Gasteiger partial charge in [0.25, 0.3) is 5.91 Å². The fourth-order valence-corrected chi connectivity index (χ4v) is 5.28. The van der Waals surface area contributed by atoms with Gasteiger partial charge in [-0.1, -0.05) is 41.7 Å². The Labute approximate surface area is 201 Å². The van der Waals surface area contributed by atoms with Crippen LogP contribution in [0.4, 0.5) is 9.52 Å². The van der Waals surface area contributed by atoms with Crippen LogP contribution in [-0.2, 0) is 4.79 Å². The molecular formula is C26H15FN2O5S. The number of Topliss-reactive ketones (excluding diaryl/α,β-unsaturated/α-hetero) is 1. The molecule has 7 nitrogen and oxygen atoms in total. The zero-order valence-electron chi connectivity index (χ0n) is 17.8. The normalized spacial score (nSPS) is 16.1. The summed E-state index contributed by atoms with van der Waals surface area (Å²) in [5.41, 5.74) is 1.13. The summed E-state index contributed by atoms with van der Waals surface area (Å²) in [6, 6.07) is 17.6. The maximum absolute atomic E-state index is 13.8. The lowest BCUT2D eigenvalue weighted by Gasteiger charge is -2.24. The largest absolute Gasteiger partial charge is 0.508 e. The summed E-state index contributed by atoms with van der Waals surface area (Å²) in [6.45, 7) is 0. The molecular weight excluding hydrogens is 471 g/mol. The minimum atomic E-state index is -1.10. The first-order chi connectivity index (χ1) is 16.9. The maximum atomic E-state index is 13.8. The minimum Gasteiger partial charge on any atom is -0.508 e. The van der Waals surface area contributed by atoms with Crippen LogP contribution in [0.2, 0.25) is 0 Å². The molecule has 0 radical (unpaired) electrons. The number of thiazole rings is 1. The average Bonchev–Trinajstić information content (AvgIpc) is 3.52. The highest BCUT2D eigenvalue weighted by Crippen LogP contribution is 2.45. The van der Waals surface area contributed by atoms with E-state index in [4.69, 9.17) is 4.42 Å². The molecule has 6 rings (SSSR count). The number of nitrogens with zero attached hydrogens (tertiary/aromatic N) is 2. The van der Waals surface area contributed by atoms with E-state index < -0.39 is 29.3 Å². The Hall–Kier alpha value is -4.50. The fraction of sp³-hybridized carbons (Fsp3) is 0.0385. The lowest BCUT2D eigenvalue weighted by atomic mass is 9.95. The van der Waals surface area contributed by atoms with Crippen LogP contribution in [0.25, 0.3) is 21.2 Å². The summed E-state index contributed by atoms with van der Waals surface area (Å²) in [7, 11) is 0. The molecule has 1 amide bonds. The number of fused-ring (bicyclic) bond motifs is 2. The Kier molecular flexibility index (Phi) is 4.68. The summed E-state index contributed by atoms with van der Waals surface area (Å²) >= 11 is 1.05. The van der Waals surface area contributed by atoms with Crippen LogP contribution in [0.1, 0.15) is 22.2 Å². The number of furan rings is 1. The first-order valence-electron chi connectivity index (χ1n) is 10.6. The Bertz CT molecular complexity index is 1670. The molecule has 0 bridgehead atoms. The number of halogens is 1. The molecule has 172 valence electrons. The highest BCUT2D eigenvalue weighted by molar-refractivity contribution is 7.22. The molecule has 2 aromatic heterocycles. The highest BCUT2D eigenvalue weighted by Gasteiger charge is 2.46. The number of phenols is 1. The van der Waals surface area contributed by atoms with Crippen molar-refractivity contribution in [1.29, 1.82) is 0 Å². The number of aliphatic hydroxyl groups excluding tert-OH is 1. The number of hydrogen-bond acceptors (Lipinski definition) is 7. The third-order valence-corrected chi connectivity index (χ3v) is 6.85. The van der Waals surface area contributed by atoms with Crippen LogP contribution in [0.5, 0.6) is 5.75 Å². The van der Waals surface area contributed by atoms with Crippen molar-refractivity contribution in [1.82, 2.24) is 4.98 Å². The van der Waals surface area contributed by atoms with Gasteiger partial charge in [-0.2, -0.15) is 0 Å². The molecule has 0 spiro atoms. The minimum absolute atomic E-state index is 0.0427. The Morgan fingerprint density at radius 2 is 1.86 bits per heavy atom. The number of rotatable bonds is 4. The molecule has 1 aliphatic heterocycles. The summed E-state index contributed by atoms with van der Waals surface area (Å²) in [5.74, 6) is -2.82. The third-order valence-electron chi connectivity index (χ3n) is 5.83. The van der Waals surface area contributed by atoms with Gasteiger partial charge in [0.1, 0.15) is 17.1 Å². The molecule has 3 heterocycles. The lowest BCUT2D eigenvalue weighted by Crippen LogP contribution is -2.30. The van der Waals surface area contributed by atoms with E-state index in [1.807, 2.05) is 0 Å². The number of aromatic nitrogens is 1.